The molecule has 9 heteroatoms. The average molecular weight is 441 g/mol. The van der Waals surface area contributed by atoms with Crippen LogP contribution >= 0.6 is 0 Å². The summed E-state index contributed by atoms with van der Waals surface area (Å²) < 4.78 is 6.75. The van der Waals surface area contributed by atoms with Gasteiger partial charge in [-0.05, 0) is 42.5 Å². The number of carboxylic acids is 1. The Kier molecular flexibility index (Phi) is 7.20. The smallest absolute Gasteiger partial charge is 0.337 e. The van der Waals surface area contributed by atoms with Crippen molar-refractivity contribution in [3.05, 3.63) is 71.4 Å². The molecule has 0 bridgehead atoms. The first-order valence-corrected chi connectivity index (χ1v) is 9.81. The van der Waals surface area contributed by atoms with Gasteiger partial charge in [0, 0.05) is 17.3 Å². The predicted molar refractivity (Wildman–Crippen MR) is 120 cm³/mol. The molecule has 1 aromatic heterocycles. The van der Waals surface area contributed by atoms with Gasteiger partial charge in [0.2, 0.25) is 0 Å². The van der Waals surface area contributed by atoms with E-state index in [-0.39, 0.29) is 23.2 Å². The molecule has 0 saturated carbocycles. The number of ether oxygens (including phenoxy) is 1. The van der Waals surface area contributed by atoms with Crippen LogP contribution in [-0.4, -0.2) is 33.9 Å². The van der Waals surface area contributed by atoms with E-state index in [4.69, 9.17) is 10.00 Å². The number of hydrogen-bond donors (Lipinski definition) is 2. The average Bonchev–Trinajstić information content (AvgIpc) is 3.23. The monoisotopic (exact) mass is 441 g/mol. The highest BCUT2D eigenvalue weighted by Gasteiger charge is 2.17. The second-order valence-corrected chi connectivity index (χ2v) is 6.81. The van der Waals surface area contributed by atoms with E-state index in [9.17, 15) is 20.0 Å². The minimum atomic E-state index is -1.20. The number of methoxy groups -OCH3 is 1. The van der Waals surface area contributed by atoms with E-state index >= 15 is 0 Å². The van der Waals surface area contributed by atoms with Gasteiger partial charge in [-0.2, -0.15) is 15.6 Å². The summed E-state index contributed by atoms with van der Waals surface area (Å²) in [6.07, 6.45) is 3.27. The summed E-state index contributed by atoms with van der Waals surface area (Å²) >= 11 is 0. The first-order chi connectivity index (χ1) is 16.0. The molecule has 3 aromatic rings. The molecule has 2 N–H and O–H groups in total. The number of amides is 1. The number of nitrogens with zero attached hydrogens (tertiary/aromatic N) is 4. The van der Waals surface area contributed by atoms with E-state index in [0.717, 1.165) is 5.56 Å². The van der Waals surface area contributed by atoms with Crippen molar-refractivity contribution in [2.45, 2.75) is 13.0 Å². The fourth-order valence-electron chi connectivity index (χ4n) is 3.07. The number of aromatic nitrogens is 2. The van der Waals surface area contributed by atoms with Crippen molar-refractivity contribution in [1.29, 1.82) is 10.5 Å². The van der Waals surface area contributed by atoms with Crippen LogP contribution < -0.4 is 10.1 Å². The van der Waals surface area contributed by atoms with Crippen LogP contribution in [0.15, 0.2) is 60.3 Å². The van der Waals surface area contributed by atoms with Crippen LogP contribution in [0, 0.1) is 22.7 Å². The quantitative estimate of drug-likeness (QED) is 0.401. The fraction of sp³-hybridized carbons (Fsp3) is 0.125. The van der Waals surface area contributed by atoms with Crippen LogP contribution in [0.3, 0.4) is 0 Å². The molecule has 0 aliphatic heterocycles. The largest absolute Gasteiger partial charge is 0.497 e. The Morgan fingerprint density at radius 3 is 2.55 bits per heavy atom. The van der Waals surface area contributed by atoms with Crippen molar-refractivity contribution in [2.24, 2.45) is 0 Å². The molecular formula is C24H19N5O4. The van der Waals surface area contributed by atoms with Crippen molar-refractivity contribution in [3.63, 3.8) is 0 Å². The number of carboxylic acid groups (broad SMARTS) is 1. The van der Waals surface area contributed by atoms with E-state index in [1.54, 1.807) is 48.3 Å². The van der Waals surface area contributed by atoms with Crippen molar-refractivity contribution in [2.75, 3.05) is 12.4 Å². The van der Waals surface area contributed by atoms with Crippen molar-refractivity contribution in [1.82, 2.24) is 9.78 Å². The number of carbonyl (C=O) groups is 2. The fourth-order valence-corrected chi connectivity index (χ4v) is 3.07. The van der Waals surface area contributed by atoms with Gasteiger partial charge in [-0.25, -0.2) is 4.79 Å². The molecule has 0 atom stereocenters. The van der Waals surface area contributed by atoms with Crippen LogP contribution in [0.25, 0.3) is 17.3 Å². The molecular weight excluding hydrogens is 422 g/mol. The number of nitrogens with one attached hydrogen (secondary N) is 1. The summed E-state index contributed by atoms with van der Waals surface area (Å²) in [6.45, 7) is 0.341. The maximum atomic E-state index is 12.8. The van der Waals surface area contributed by atoms with Gasteiger partial charge >= 0.3 is 5.97 Å². The third-order valence-electron chi connectivity index (χ3n) is 4.68. The second kappa shape index (κ2) is 10.4. The number of aromatic carboxylic acids is 1. The highest BCUT2D eigenvalue weighted by molar-refractivity contribution is 6.12. The van der Waals surface area contributed by atoms with Gasteiger partial charge in [0.15, 0.2) is 0 Å². The molecule has 33 heavy (non-hydrogen) atoms. The Balaban J connectivity index is 1.99. The Bertz CT molecular complexity index is 1290. The molecule has 0 aliphatic rings. The van der Waals surface area contributed by atoms with Gasteiger partial charge in [-0.15, -0.1) is 0 Å². The molecule has 2 aromatic carbocycles. The number of aryl methyl sites for hydroxylation is 1. The first kappa shape index (κ1) is 22.8. The summed E-state index contributed by atoms with van der Waals surface area (Å²) in [6, 6.07) is 16.9. The molecule has 0 radical (unpaired) electrons. The SMILES string of the molecule is COc1ccc(-c2nn(CCC#N)cc2C=C(C#N)C(=O)Nc2ccccc2C(=O)O)cc1. The standard InChI is InChI=1S/C24H19N5O4/c1-33-19-9-7-16(8-10-19)22-18(15-29(28-22)12-4-11-25)13-17(14-26)23(30)27-21-6-3-2-5-20(21)24(31)32/h2-3,5-10,13,15H,4,12H2,1H3,(H,27,30)(H,31,32). The lowest BCUT2D eigenvalue weighted by Gasteiger charge is -2.07. The maximum Gasteiger partial charge on any atom is 0.337 e. The van der Waals surface area contributed by atoms with Crippen LogP contribution in [0.4, 0.5) is 5.69 Å². The minimum Gasteiger partial charge on any atom is -0.497 e. The van der Waals surface area contributed by atoms with E-state index in [0.29, 0.717) is 23.6 Å². The highest BCUT2D eigenvalue weighted by atomic mass is 16.5. The molecule has 0 saturated heterocycles. The molecule has 3 rings (SSSR count). The predicted octanol–water partition coefficient (Wildman–Crippen LogP) is 3.72. The Morgan fingerprint density at radius 2 is 1.91 bits per heavy atom. The second-order valence-electron chi connectivity index (χ2n) is 6.81. The Labute approximate surface area is 189 Å². The number of anilines is 1. The van der Waals surface area contributed by atoms with E-state index < -0.39 is 11.9 Å². The summed E-state index contributed by atoms with van der Waals surface area (Å²) in [5.41, 5.74) is 1.50. The first-order valence-electron chi connectivity index (χ1n) is 9.81. The van der Waals surface area contributed by atoms with Crippen molar-refractivity contribution >= 4 is 23.6 Å². The number of para-hydroxylation sites is 1. The summed E-state index contributed by atoms with van der Waals surface area (Å²) in [4.78, 5) is 24.1. The molecule has 0 fully saturated rings. The van der Waals surface area contributed by atoms with Crippen LogP contribution in [0.5, 0.6) is 5.75 Å². The summed E-state index contributed by atoms with van der Waals surface area (Å²) in [7, 11) is 1.56. The molecule has 164 valence electrons. The Hall–Kier alpha value is -4.89. The van der Waals surface area contributed by atoms with Gasteiger partial charge in [0.25, 0.3) is 5.91 Å². The van der Waals surface area contributed by atoms with E-state index in [1.165, 1.54) is 24.3 Å². The number of hydrogen-bond acceptors (Lipinski definition) is 6. The normalized spacial score (nSPS) is 10.7. The Morgan fingerprint density at radius 1 is 1.18 bits per heavy atom. The van der Waals surface area contributed by atoms with Gasteiger partial charge in [0.1, 0.15) is 17.4 Å². The van der Waals surface area contributed by atoms with Crippen molar-refractivity contribution < 1.29 is 19.4 Å². The molecule has 0 spiro atoms. The lowest BCUT2D eigenvalue weighted by molar-refractivity contribution is -0.112. The molecule has 0 unspecified atom stereocenters. The molecule has 1 amide bonds. The topological polar surface area (TPSA) is 141 Å². The van der Waals surface area contributed by atoms with E-state index in [1.807, 2.05) is 6.07 Å². The van der Waals surface area contributed by atoms with Crippen LogP contribution in [-0.2, 0) is 11.3 Å². The minimum absolute atomic E-state index is 0.0799. The third kappa shape index (κ3) is 5.43. The zero-order valence-electron chi connectivity index (χ0n) is 17.6. The number of nitriles is 2. The lowest BCUT2D eigenvalue weighted by Crippen LogP contribution is -2.16. The highest BCUT2D eigenvalue weighted by Crippen LogP contribution is 2.27. The summed E-state index contributed by atoms with van der Waals surface area (Å²) in [5, 5.41) is 34.8. The van der Waals surface area contributed by atoms with Crippen LogP contribution in [0.1, 0.15) is 22.3 Å². The van der Waals surface area contributed by atoms with Gasteiger partial charge in [-0.3, -0.25) is 9.48 Å². The molecule has 0 aliphatic carbocycles. The summed E-state index contributed by atoms with van der Waals surface area (Å²) in [5.74, 6) is -1.29. The van der Waals surface area contributed by atoms with Gasteiger partial charge in [0.05, 0.1) is 43.1 Å². The van der Waals surface area contributed by atoms with Gasteiger partial charge in [-0.1, -0.05) is 12.1 Å². The van der Waals surface area contributed by atoms with Gasteiger partial charge < -0.3 is 15.2 Å². The molecule has 1 heterocycles. The number of rotatable bonds is 8. The zero-order valence-corrected chi connectivity index (χ0v) is 17.6. The number of carbonyl (C=O) groups excluding carboxylic acids is 1. The third-order valence-corrected chi connectivity index (χ3v) is 4.68. The van der Waals surface area contributed by atoms with E-state index in [2.05, 4.69) is 16.5 Å². The maximum absolute atomic E-state index is 12.8. The van der Waals surface area contributed by atoms with Crippen molar-refractivity contribution in [3.8, 4) is 29.1 Å². The molecule has 9 nitrogen and oxygen atoms in total. The van der Waals surface area contributed by atoms with Crippen LogP contribution in [0.2, 0.25) is 0 Å². The lowest BCUT2D eigenvalue weighted by atomic mass is 10.1. The number of benzene rings is 2. The zero-order chi connectivity index (χ0) is 23.8.